The van der Waals surface area contributed by atoms with Crippen molar-refractivity contribution in [3.63, 3.8) is 0 Å². The first-order valence-electron chi connectivity index (χ1n) is 10.6. The number of thiazole rings is 1. The van der Waals surface area contributed by atoms with Crippen LogP contribution in [-0.4, -0.2) is 13.4 Å². The Balaban J connectivity index is 0.000000878. The monoisotopic (exact) mass is 421 g/mol. The summed E-state index contributed by atoms with van der Waals surface area (Å²) in [6.07, 6.45) is 7.04. The summed E-state index contributed by atoms with van der Waals surface area (Å²) in [4.78, 5) is 4.70. The number of aromatic nitrogens is 1. The Bertz CT molecular complexity index is 884. The minimum absolute atomic E-state index is 0.386. The lowest BCUT2D eigenvalue weighted by molar-refractivity contribution is 0.377. The minimum atomic E-state index is -3.47. The molecule has 1 heterocycles. The van der Waals surface area contributed by atoms with Crippen molar-refractivity contribution in [1.82, 2.24) is 4.98 Å². The maximum absolute atomic E-state index is 13.0. The molecule has 1 aromatic carbocycles. The van der Waals surface area contributed by atoms with E-state index < -0.39 is 9.84 Å². The zero-order valence-electron chi connectivity index (χ0n) is 18.2. The predicted molar refractivity (Wildman–Crippen MR) is 119 cm³/mol. The molecule has 5 heteroatoms. The van der Waals surface area contributed by atoms with Crippen molar-refractivity contribution in [2.45, 2.75) is 95.1 Å². The molecule has 28 heavy (non-hydrogen) atoms. The van der Waals surface area contributed by atoms with E-state index in [2.05, 4.69) is 38.7 Å². The lowest BCUT2D eigenvalue weighted by Gasteiger charge is -2.22. The van der Waals surface area contributed by atoms with Gasteiger partial charge in [0.25, 0.3) is 0 Å². The van der Waals surface area contributed by atoms with Crippen molar-refractivity contribution in [3.05, 3.63) is 40.0 Å². The van der Waals surface area contributed by atoms with Gasteiger partial charge in [-0.3, -0.25) is 0 Å². The van der Waals surface area contributed by atoms with Crippen molar-refractivity contribution < 1.29 is 8.42 Å². The number of aryl methyl sites for hydroxylation is 3. The van der Waals surface area contributed by atoms with E-state index in [4.69, 9.17) is 0 Å². The van der Waals surface area contributed by atoms with Crippen LogP contribution < -0.4 is 0 Å². The highest BCUT2D eigenvalue weighted by Gasteiger charge is 2.31. The molecule has 0 fully saturated rings. The molecule has 0 radical (unpaired) electrons. The average molecular weight is 422 g/mol. The van der Waals surface area contributed by atoms with Gasteiger partial charge in [0.2, 0.25) is 9.84 Å². The highest BCUT2D eigenvalue weighted by atomic mass is 32.2. The Morgan fingerprint density at radius 3 is 2.39 bits per heavy atom. The molecule has 0 N–H and O–H groups in total. The normalized spacial score (nSPS) is 17.0. The zero-order chi connectivity index (χ0) is 20.9. The summed E-state index contributed by atoms with van der Waals surface area (Å²) in [5, 5.41) is 0.794. The van der Waals surface area contributed by atoms with Crippen LogP contribution in [0.15, 0.2) is 27.3 Å². The smallest absolute Gasteiger partial charge is 0.217 e. The van der Waals surface area contributed by atoms with E-state index >= 15 is 0 Å². The molecule has 3 nitrogen and oxygen atoms in total. The van der Waals surface area contributed by atoms with E-state index in [0.717, 1.165) is 17.8 Å². The molecule has 156 valence electrons. The van der Waals surface area contributed by atoms with Gasteiger partial charge in [-0.15, -0.1) is 11.3 Å². The number of sulfone groups is 1. The maximum Gasteiger partial charge on any atom is 0.217 e. The Kier molecular flexibility index (Phi) is 8.26. The van der Waals surface area contributed by atoms with Crippen molar-refractivity contribution in [2.75, 3.05) is 0 Å². The van der Waals surface area contributed by atoms with Crippen molar-refractivity contribution >= 4 is 21.2 Å². The van der Waals surface area contributed by atoms with Gasteiger partial charge in [-0.1, -0.05) is 59.4 Å². The fourth-order valence-corrected chi connectivity index (χ4v) is 7.14. The fraction of sp³-hybridized carbons (Fsp3) is 0.609. The van der Waals surface area contributed by atoms with Gasteiger partial charge in [-0.25, -0.2) is 13.4 Å². The van der Waals surface area contributed by atoms with Crippen molar-refractivity contribution in [3.8, 4) is 0 Å². The number of rotatable bonds is 6. The fourth-order valence-electron chi connectivity index (χ4n) is 4.21. The van der Waals surface area contributed by atoms with Gasteiger partial charge >= 0.3 is 0 Å². The number of benzene rings is 1. The van der Waals surface area contributed by atoms with E-state index in [1.165, 1.54) is 48.1 Å². The van der Waals surface area contributed by atoms with Gasteiger partial charge < -0.3 is 0 Å². The van der Waals surface area contributed by atoms with Crippen molar-refractivity contribution in [2.24, 2.45) is 5.92 Å². The van der Waals surface area contributed by atoms with Crippen LogP contribution in [-0.2, 0) is 16.3 Å². The minimum Gasteiger partial charge on any atom is -0.245 e. The summed E-state index contributed by atoms with van der Waals surface area (Å²) in [5.74, 6) is 1.30. The molecular weight excluding hydrogens is 386 g/mol. The summed E-state index contributed by atoms with van der Waals surface area (Å²) in [6, 6.07) is 5.79. The van der Waals surface area contributed by atoms with Crippen LogP contribution in [0.2, 0.25) is 0 Å². The van der Waals surface area contributed by atoms with E-state index in [0.29, 0.717) is 26.6 Å². The standard InChI is InChI=1S/C20H27NO2S2.C3H8/c1-5-7-15(6-2)18-10-8-16-12-17(9-11-19(16)18)25(22,23)20-13(3)21-14(4)24-20;1-3-2/h9,11-12,15,18H,5-8,10H2,1-4H3;3H2,1-2H3. The van der Waals surface area contributed by atoms with E-state index in [-0.39, 0.29) is 0 Å². The summed E-state index contributed by atoms with van der Waals surface area (Å²) in [7, 11) is -3.47. The third-order valence-electron chi connectivity index (χ3n) is 5.41. The second-order valence-electron chi connectivity index (χ2n) is 7.78. The topological polar surface area (TPSA) is 47.0 Å². The Labute approximate surface area is 175 Å². The molecule has 1 aliphatic rings. The highest BCUT2D eigenvalue weighted by molar-refractivity contribution is 7.93. The summed E-state index contributed by atoms with van der Waals surface area (Å²) >= 11 is 1.27. The van der Waals surface area contributed by atoms with Crippen LogP contribution in [0.1, 0.15) is 87.5 Å². The third-order valence-corrected chi connectivity index (χ3v) is 8.84. The molecule has 0 saturated carbocycles. The third kappa shape index (κ3) is 4.85. The molecule has 0 saturated heterocycles. The van der Waals surface area contributed by atoms with Crippen LogP contribution in [0, 0.1) is 19.8 Å². The van der Waals surface area contributed by atoms with E-state index in [9.17, 15) is 8.42 Å². The van der Waals surface area contributed by atoms with Gasteiger partial charge in [0.05, 0.1) is 15.6 Å². The van der Waals surface area contributed by atoms with Gasteiger partial charge in [-0.2, -0.15) is 0 Å². The lowest BCUT2D eigenvalue weighted by atomic mass is 9.83. The largest absolute Gasteiger partial charge is 0.245 e. The molecule has 2 aromatic rings. The number of nitrogens with zero attached hydrogens (tertiary/aromatic N) is 1. The maximum atomic E-state index is 13.0. The SMILES string of the molecule is CCC.CCCC(CC)C1CCc2cc(S(=O)(=O)c3sc(C)nc3C)ccc21. The first-order chi connectivity index (χ1) is 13.3. The molecule has 2 atom stereocenters. The second-order valence-corrected chi connectivity index (χ2v) is 11.1. The quantitative estimate of drug-likeness (QED) is 0.511. The molecule has 0 bridgehead atoms. The highest BCUT2D eigenvalue weighted by Crippen LogP contribution is 2.42. The number of fused-ring (bicyclic) bond motifs is 1. The zero-order valence-corrected chi connectivity index (χ0v) is 19.8. The van der Waals surface area contributed by atoms with Crippen LogP contribution in [0.4, 0.5) is 0 Å². The first kappa shape index (κ1) is 23.1. The first-order valence-corrected chi connectivity index (χ1v) is 12.9. The molecule has 1 aromatic heterocycles. The van der Waals surface area contributed by atoms with Gasteiger partial charge in [-0.05, 0) is 61.8 Å². The lowest BCUT2D eigenvalue weighted by Crippen LogP contribution is -2.10. The molecule has 2 unspecified atom stereocenters. The Hall–Kier alpha value is -1.20. The molecule has 0 spiro atoms. The molecule has 0 amide bonds. The molecule has 0 aliphatic heterocycles. The Morgan fingerprint density at radius 2 is 1.86 bits per heavy atom. The summed E-state index contributed by atoms with van der Waals surface area (Å²) in [6.45, 7) is 12.4. The van der Waals surface area contributed by atoms with Crippen molar-refractivity contribution in [1.29, 1.82) is 0 Å². The average Bonchev–Trinajstić information content (AvgIpc) is 3.22. The van der Waals surface area contributed by atoms with Gasteiger partial charge in [0.1, 0.15) is 4.21 Å². The summed E-state index contributed by atoms with van der Waals surface area (Å²) in [5.41, 5.74) is 3.20. The van der Waals surface area contributed by atoms with Gasteiger partial charge in [0.15, 0.2) is 0 Å². The van der Waals surface area contributed by atoms with Gasteiger partial charge in [0, 0.05) is 0 Å². The van der Waals surface area contributed by atoms with Crippen LogP contribution in [0.3, 0.4) is 0 Å². The predicted octanol–water partition coefficient (Wildman–Crippen LogP) is 6.87. The Morgan fingerprint density at radius 1 is 1.18 bits per heavy atom. The molecule has 3 rings (SSSR count). The van der Waals surface area contributed by atoms with E-state index in [1.54, 1.807) is 13.0 Å². The molecule has 1 aliphatic carbocycles. The number of hydrogen-bond donors (Lipinski definition) is 0. The van der Waals surface area contributed by atoms with Crippen LogP contribution in [0.25, 0.3) is 0 Å². The van der Waals surface area contributed by atoms with E-state index in [1.807, 2.05) is 13.0 Å². The summed E-state index contributed by atoms with van der Waals surface area (Å²) < 4.78 is 26.4. The van der Waals surface area contributed by atoms with Crippen LogP contribution in [0.5, 0.6) is 0 Å². The van der Waals surface area contributed by atoms with Crippen LogP contribution >= 0.6 is 11.3 Å². The molecular formula is C23H35NO2S2. The number of hydrogen-bond acceptors (Lipinski definition) is 4. The second kappa shape index (κ2) is 10.0.